The zero-order valence-corrected chi connectivity index (χ0v) is 10.3. The Kier molecular flexibility index (Phi) is 5.18. The first-order chi connectivity index (χ1) is 7.60. The fourth-order valence-corrected chi connectivity index (χ4v) is 2.02. The van der Waals surface area contributed by atoms with Gasteiger partial charge in [-0.25, -0.2) is 0 Å². The van der Waals surface area contributed by atoms with Crippen molar-refractivity contribution in [2.45, 2.75) is 38.0 Å². The maximum atomic E-state index is 11.9. The van der Waals surface area contributed by atoms with Gasteiger partial charge in [-0.15, -0.1) is 0 Å². The van der Waals surface area contributed by atoms with Crippen molar-refractivity contribution in [1.29, 1.82) is 0 Å². The maximum Gasteiger partial charge on any atom is 0.225 e. The number of hydrogen-bond acceptors (Lipinski definition) is 4. The SMILES string of the molecule is COC(CN)CC(=O)N(C)C1CCOC1C. The number of methoxy groups -OCH3 is 1. The molecule has 1 heterocycles. The van der Waals surface area contributed by atoms with Crippen LogP contribution in [0.25, 0.3) is 0 Å². The molecule has 1 saturated heterocycles. The highest BCUT2D eigenvalue weighted by Crippen LogP contribution is 2.19. The summed E-state index contributed by atoms with van der Waals surface area (Å²) < 4.78 is 10.6. The molecule has 3 unspecified atom stereocenters. The third kappa shape index (κ3) is 3.17. The zero-order valence-electron chi connectivity index (χ0n) is 10.3. The van der Waals surface area contributed by atoms with Crippen LogP contribution < -0.4 is 5.73 Å². The van der Waals surface area contributed by atoms with Gasteiger partial charge in [0, 0.05) is 27.3 Å². The zero-order chi connectivity index (χ0) is 12.1. The third-order valence-corrected chi connectivity index (χ3v) is 3.23. The second-order valence-electron chi connectivity index (χ2n) is 4.23. The molecule has 94 valence electrons. The number of carbonyl (C=O) groups excluding carboxylic acids is 1. The van der Waals surface area contributed by atoms with Crippen molar-refractivity contribution in [3.05, 3.63) is 0 Å². The quantitative estimate of drug-likeness (QED) is 0.721. The topological polar surface area (TPSA) is 64.8 Å². The maximum absolute atomic E-state index is 11.9. The Labute approximate surface area is 96.9 Å². The summed E-state index contributed by atoms with van der Waals surface area (Å²) in [6, 6.07) is 0.183. The molecule has 2 N–H and O–H groups in total. The molecule has 0 aliphatic carbocycles. The Morgan fingerprint density at radius 3 is 2.81 bits per heavy atom. The molecule has 0 aromatic carbocycles. The van der Waals surface area contributed by atoms with Crippen LogP contribution in [-0.2, 0) is 14.3 Å². The van der Waals surface area contributed by atoms with Crippen LogP contribution in [0.15, 0.2) is 0 Å². The number of likely N-dealkylation sites (N-methyl/N-ethyl adjacent to an activating group) is 1. The summed E-state index contributed by atoms with van der Waals surface area (Å²) in [5.74, 6) is 0.0691. The monoisotopic (exact) mass is 230 g/mol. The summed E-state index contributed by atoms with van der Waals surface area (Å²) in [5.41, 5.74) is 5.49. The number of nitrogens with zero attached hydrogens (tertiary/aromatic N) is 1. The van der Waals surface area contributed by atoms with Crippen molar-refractivity contribution < 1.29 is 14.3 Å². The van der Waals surface area contributed by atoms with Gasteiger partial charge in [-0.1, -0.05) is 0 Å². The molecule has 16 heavy (non-hydrogen) atoms. The molecule has 5 heteroatoms. The molecule has 0 saturated carbocycles. The van der Waals surface area contributed by atoms with Gasteiger partial charge in [0.2, 0.25) is 5.91 Å². The van der Waals surface area contributed by atoms with Crippen LogP contribution in [0, 0.1) is 0 Å². The minimum absolute atomic E-state index is 0.0691. The van der Waals surface area contributed by atoms with Gasteiger partial charge in [0.25, 0.3) is 0 Å². The molecular formula is C11H22N2O3. The third-order valence-electron chi connectivity index (χ3n) is 3.23. The van der Waals surface area contributed by atoms with Crippen molar-refractivity contribution in [3.8, 4) is 0 Å². The van der Waals surface area contributed by atoms with Crippen molar-refractivity contribution in [1.82, 2.24) is 4.90 Å². The Bertz CT molecular complexity index is 231. The Balaban J connectivity index is 2.46. The molecule has 1 aliphatic rings. The summed E-state index contributed by atoms with van der Waals surface area (Å²) in [6.45, 7) is 3.10. The molecule has 0 bridgehead atoms. The van der Waals surface area contributed by atoms with Gasteiger partial charge in [-0.05, 0) is 13.3 Å². The van der Waals surface area contributed by atoms with Gasteiger partial charge in [-0.3, -0.25) is 4.79 Å². The first-order valence-electron chi connectivity index (χ1n) is 5.70. The highest BCUT2D eigenvalue weighted by molar-refractivity contribution is 5.76. The number of nitrogens with two attached hydrogens (primary N) is 1. The molecular weight excluding hydrogens is 208 g/mol. The van der Waals surface area contributed by atoms with Crippen LogP contribution in [0.2, 0.25) is 0 Å². The van der Waals surface area contributed by atoms with Crippen molar-refractivity contribution in [2.75, 3.05) is 27.3 Å². The second-order valence-corrected chi connectivity index (χ2v) is 4.23. The van der Waals surface area contributed by atoms with E-state index in [2.05, 4.69) is 0 Å². The number of rotatable bonds is 5. The van der Waals surface area contributed by atoms with Gasteiger partial charge in [0.05, 0.1) is 24.7 Å². The van der Waals surface area contributed by atoms with E-state index in [1.807, 2.05) is 14.0 Å². The molecule has 1 amide bonds. The number of ether oxygens (including phenoxy) is 2. The lowest BCUT2D eigenvalue weighted by molar-refractivity contribution is -0.135. The lowest BCUT2D eigenvalue weighted by Crippen LogP contribution is -2.43. The van der Waals surface area contributed by atoms with Crippen molar-refractivity contribution >= 4 is 5.91 Å². The number of amides is 1. The average molecular weight is 230 g/mol. The predicted octanol–water partition coefficient (Wildman–Crippen LogP) is -0.0140. The molecule has 1 rings (SSSR count). The summed E-state index contributed by atoms with van der Waals surface area (Å²) in [5, 5.41) is 0. The van der Waals surface area contributed by atoms with Crippen LogP contribution in [0.1, 0.15) is 19.8 Å². The summed E-state index contributed by atoms with van der Waals surface area (Å²) in [6.07, 6.45) is 1.18. The van der Waals surface area contributed by atoms with Gasteiger partial charge < -0.3 is 20.1 Å². The Hall–Kier alpha value is -0.650. The predicted molar refractivity (Wildman–Crippen MR) is 61.1 cm³/mol. The van der Waals surface area contributed by atoms with E-state index >= 15 is 0 Å². The van der Waals surface area contributed by atoms with Gasteiger partial charge >= 0.3 is 0 Å². The highest BCUT2D eigenvalue weighted by Gasteiger charge is 2.31. The lowest BCUT2D eigenvalue weighted by atomic mass is 10.1. The summed E-state index contributed by atoms with van der Waals surface area (Å²) in [4.78, 5) is 13.7. The van der Waals surface area contributed by atoms with Crippen LogP contribution >= 0.6 is 0 Å². The Morgan fingerprint density at radius 2 is 2.38 bits per heavy atom. The summed E-state index contributed by atoms with van der Waals surface area (Å²) >= 11 is 0. The largest absolute Gasteiger partial charge is 0.380 e. The van der Waals surface area contributed by atoms with E-state index < -0.39 is 0 Å². The van der Waals surface area contributed by atoms with E-state index in [0.29, 0.717) is 13.0 Å². The normalized spacial score (nSPS) is 26.8. The van der Waals surface area contributed by atoms with E-state index in [-0.39, 0.29) is 24.2 Å². The fourth-order valence-electron chi connectivity index (χ4n) is 2.02. The molecule has 3 atom stereocenters. The molecule has 5 nitrogen and oxygen atoms in total. The van der Waals surface area contributed by atoms with Gasteiger partial charge in [0.1, 0.15) is 0 Å². The van der Waals surface area contributed by atoms with E-state index in [1.165, 1.54) is 0 Å². The Morgan fingerprint density at radius 1 is 1.69 bits per heavy atom. The molecule has 0 radical (unpaired) electrons. The summed E-state index contributed by atoms with van der Waals surface area (Å²) in [7, 11) is 3.40. The molecule has 0 spiro atoms. The highest BCUT2D eigenvalue weighted by atomic mass is 16.5. The molecule has 1 fully saturated rings. The first-order valence-corrected chi connectivity index (χ1v) is 5.70. The van der Waals surface area contributed by atoms with E-state index in [1.54, 1.807) is 12.0 Å². The molecule has 0 aromatic rings. The fraction of sp³-hybridized carbons (Fsp3) is 0.909. The molecule has 1 aliphatic heterocycles. The van der Waals surface area contributed by atoms with E-state index in [4.69, 9.17) is 15.2 Å². The van der Waals surface area contributed by atoms with Crippen LogP contribution in [0.4, 0.5) is 0 Å². The van der Waals surface area contributed by atoms with Crippen LogP contribution in [0.3, 0.4) is 0 Å². The van der Waals surface area contributed by atoms with E-state index in [0.717, 1.165) is 13.0 Å². The molecule has 0 aromatic heterocycles. The lowest BCUT2D eigenvalue weighted by Gasteiger charge is -2.28. The van der Waals surface area contributed by atoms with Crippen LogP contribution in [-0.4, -0.2) is 56.4 Å². The van der Waals surface area contributed by atoms with Crippen molar-refractivity contribution in [3.63, 3.8) is 0 Å². The van der Waals surface area contributed by atoms with Crippen LogP contribution in [0.5, 0.6) is 0 Å². The minimum Gasteiger partial charge on any atom is -0.380 e. The van der Waals surface area contributed by atoms with Gasteiger partial charge in [-0.2, -0.15) is 0 Å². The van der Waals surface area contributed by atoms with E-state index in [9.17, 15) is 4.79 Å². The van der Waals surface area contributed by atoms with Crippen molar-refractivity contribution in [2.24, 2.45) is 5.73 Å². The minimum atomic E-state index is -0.187. The number of carbonyl (C=O) groups is 1. The smallest absolute Gasteiger partial charge is 0.225 e. The first kappa shape index (κ1) is 13.4. The van der Waals surface area contributed by atoms with Gasteiger partial charge in [0.15, 0.2) is 0 Å². The second kappa shape index (κ2) is 6.18. The standard InChI is InChI=1S/C11H22N2O3/c1-8-10(4-5-16-8)13(2)11(14)6-9(7-12)15-3/h8-10H,4-7,12H2,1-3H3. The average Bonchev–Trinajstić information content (AvgIpc) is 2.70. The number of hydrogen-bond donors (Lipinski definition) is 1.